The number of hydrogen-bond donors (Lipinski definition) is 1. The number of hydrogen-bond acceptors (Lipinski definition) is 2. The summed E-state index contributed by atoms with van der Waals surface area (Å²) < 4.78 is 23.5. The third kappa shape index (κ3) is 3.03. The van der Waals surface area contributed by atoms with Crippen molar-refractivity contribution < 1.29 is 8.42 Å². The normalized spacial score (nSPS) is 11.0. The van der Waals surface area contributed by atoms with Crippen LogP contribution in [-0.4, -0.2) is 8.42 Å². The average molecular weight is 312 g/mol. The molecule has 0 aliphatic carbocycles. The van der Waals surface area contributed by atoms with Crippen LogP contribution in [0.15, 0.2) is 41.3 Å². The van der Waals surface area contributed by atoms with Crippen molar-refractivity contribution in [2.45, 2.75) is 25.7 Å². The number of benzene rings is 2. The number of primary sulfonamides is 1. The maximum Gasteiger partial charge on any atom is 0.238 e. The SMILES string of the molecule is Cc1cccc(-c2c(C)cccc2S(N)(=O)=O)c1C.Cl. The molecule has 3 nitrogen and oxygen atoms in total. The Morgan fingerprint density at radius 2 is 1.45 bits per heavy atom. The summed E-state index contributed by atoms with van der Waals surface area (Å²) in [4.78, 5) is 0.182. The van der Waals surface area contributed by atoms with Crippen LogP contribution in [0, 0.1) is 20.8 Å². The van der Waals surface area contributed by atoms with Crippen LogP contribution in [-0.2, 0) is 10.0 Å². The summed E-state index contributed by atoms with van der Waals surface area (Å²) in [5.74, 6) is 0. The Labute approximate surface area is 126 Å². The second-order valence-electron chi connectivity index (χ2n) is 4.74. The molecule has 2 aromatic carbocycles. The first-order chi connectivity index (χ1) is 8.82. The van der Waals surface area contributed by atoms with Crippen LogP contribution in [0.25, 0.3) is 11.1 Å². The number of halogens is 1. The van der Waals surface area contributed by atoms with Crippen molar-refractivity contribution in [1.82, 2.24) is 0 Å². The fraction of sp³-hybridized carbons (Fsp3) is 0.200. The smallest absolute Gasteiger partial charge is 0.225 e. The maximum atomic E-state index is 11.8. The number of rotatable bonds is 2. The van der Waals surface area contributed by atoms with E-state index < -0.39 is 10.0 Å². The minimum absolute atomic E-state index is 0. The van der Waals surface area contributed by atoms with E-state index in [0.717, 1.165) is 22.3 Å². The van der Waals surface area contributed by atoms with Gasteiger partial charge in [0.25, 0.3) is 0 Å². The van der Waals surface area contributed by atoms with Gasteiger partial charge in [0, 0.05) is 5.56 Å². The van der Waals surface area contributed by atoms with Crippen molar-refractivity contribution in [2.24, 2.45) is 5.14 Å². The lowest BCUT2D eigenvalue weighted by atomic mass is 9.94. The Kier molecular flexibility index (Phi) is 4.97. The zero-order valence-corrected chi connectivity index (χ0v) is 13.3. The van der Waals surface area contributed by atoms with E-state index in [1.165, 1.54) is 0 Å². The molecule has 0 radical (unpaired) electrons. The van der Waals surface area contributed by atoms with Crippen LogP contribution in [0.2, 0.25) is 0 Å². The lowest BCUT2D eigenvalue weighted by Gasteiger charge is -2.15. The van der Waals surface area contributed by atoms with E-state index in [1.807, 2.05) is 45.0 Å². The quantitative estimate of drug-likeness (QED) is 0.924. The van der Waals surface area contributed by atoms with E-state index in [-0.39, 0.29) is 17.3 Å². The first kappa shape index (κ1) is 16.7. The van der Waals surface area contributed by atoms with Gasteiger partial charge < -0.3 is 0 Å². The summed E-state index contributed by atoms with van der Waals surface area (Å²) in [6, 6.07) is 11.0. The van der Waals surface area contributed by atoms with E-state index in [4.69, 9.17) is 5.14 Å². The molecular weight excluding hydrogens is 294 g/mol. The molecule has 0 bridgehead atoms. The first-order valence-corrected chi connectivity index (χ1v) is 7.56. The van der Waals surface area contributed by atoms with E-state index in [1.54, 1.807) is 12.1 Å². The predicted molar refractivity (Wildman–Crippen MR) is 84.7 cm³/mol. The molecule has 0 fully saturated rings. The molecule has 0 atom stereocenters. The van der Waals surface area contributed by atoms with Crippen LogP contribution in [0.5, 0.6) is 0 Å². The minimum Gasteiger partial charge on any atom is -0.225 e. The van der Waals surface area contributed by atoms with E-state index >= 15 is 0 Å². The largest absolute Gasteiger partial charge is 0.238 e. The molecule has 0 spiro atoms. The molecule has 2 rings (SSSR count). The molecule has 2 N–H and O–H groups in total. The van der Waals surface area contributed by atoms with Crippen LogP contribution >= 0.6 is 12.4 Å². The van der Waals surface area contributed by atoms with Crippen molar-refractivity contribution in [3.8, 4) is 11.1 Å². The highest BCUT2D eigenvalue weighted by molar-refractivity contribution is 7.89. The summed E-state index contributed by atoms with van der Waals surface area (Å²) in [6.45, 7) is 5.89. The fourth-order valence-corrected chi connectivity index (χ4v) is 3.07. The highest BCUT2D eigenvalue weighted by Gasteiger charge is 2.18. The second kappa shape index (κ2) is 5.95. The van der Waals surface area contributed by atoms with Crippen molar-refractivity contribution in [1.29, 1.82) is 0 Å². The van der Waals surface area contributed by atoms with Gasteiger partial charge in [0.15, 0.2) is 0 Å². The summed E-state index contributed by atoms with van der Waals surface area (Å²) in [7, 11) is -3.73. The topological polar surface area (TPSA) is 60.2 Å². The average Bonchev–Trinajstić information content (AvgIpc) is 2.32. The number of aryl methyl sites for hydroxylation is 2. The zero-order valence-electron chi connectivity index (χ0n) is 11.7. The van der Waals surface area contributed by atoms with Crippen molar-refractivity contribution >= 4 is 22.4 Å². The standard InChI is InChI=1S/C15H17NO2S.ClH/c1-10-6-4-8-13(12(10)3)15-11(2)7-5-9-14(15)19(16,17)18;/h4-9H,1-3H3,(H2,16,17,18);1H. The molecule has 5 heteroatoms. The van der Waals surface area contributed by atoms with Crippen LogP contribution in [0.4, 0.5) is 0 Å². The Balaban J connectivity index is 0.00000200. The third-order valence-electron chi connectivity index (χ3n) is 3.42. The minimum atomic E-state index is -3.73. The Morgan fingerprint density at radius 3 is 2.05 bits per heavy atom. The third-order valence-corrected chi connectivity index (χ3v) is 4.37. The summed E-state index contributed by atoms with van der Waals surface area (Å²) in [6.07, 6.45) is 0. The number of sulfonamides is 1. The van der Waals surface area contributed by atoms with Crippen LogP contribution in [0.1, 0.15) is 16.7 Å². The van der Waals surface area contributed by atoms with Crippen molar-refractivity contribution in [2.75, 3.05) is 0 Å². The molecule has 0 amide bonds. The van der Waals surface area contributed by atoms with Gasteiger partial charge in [-0.25, -0.2) is 13.6 Å². The lowest BCUT2D eigenvalue weighted by molar-refractivity contribution is 0.598. The van der Waals surface area contributed by atoms with Gasteiger partial charge >= 0.3 is 0 Å². The van der Waals surface area contributed by atoms with Gasteiger partial charge in [0.1, 0.15) is 0 Å². The Morgan fingerprint density at radius 1 is 0.900 bits per heavy atom. The zero-order chi connectivity index (χ0) is 14.2. The predicted octanol–water partition coefficient (Wildman–Crippen LogP) is 3.35. The molecule has 0 heterocycles. The molecule has 20 heavy (non-hydrogen) atoms. The Hall–Kier alpha value is -1.36. The monoisotopic (exact) mass is 311 g/mol. The van der Waals surface area contributed by atoms with Gasteiger partial charge in [0.05, 0.1) is 4.90 Å². The van der Waals surface area contributed by atoms with Gasteiger partial charge in [-0.2, -0.15) is 0 Å². The molecule has 0 unspecified atom stereocenters. The van der Waals surface area contributed by atoms with E-state index in [0.29, 0.717) is 5.56 Å². The van der Waals surface area contributed by atoms with Crippen LogP contribution < -0.4 is 5.14 Å². The first-order valence-electron chi connectivity index (χ1n) is 6.01. The summed E-state index contributed by atoms with van der Waals surface area (Å²) >= 11 is 0. The fourth-order valence-electron chi connectivity index (χ4n) is 2.25. The molecule has 2 aromatic rings. The lowest BCUT2D eigenvalue weighted by Crippen LogP contribution is -2.14. The highest BCUT2D eigenvalue weighted by Crippen LogP contribution is 2.33. The summed E-state index contributed by atoms with van der Waals surface area (Å²) in [5, 5.41) is 5.32. The van der Waals surface area contributed by atoms with Crippen molar-refractivity contribution in [3.05, 3.63) is 53.1 Å². The van der Waals surface area contributed by atoms with Crippen LogP contribution in [0.3, 0.4) is 0 Å². The molecule has 0 saturated carbocycles. The molecule has 108 valence electrons. The maximum absolute atomic E-state index is 11.8. The van der Waals surface area contributed by atoms with Gasteiger partial charge in [-0.15, -0.1) is 12.4 Å². The second-order valence-corrected chi connectivity index (χ2v) is 6.27. The number of nitrogens with two attached hydrogens (primary N) is 1. The molecular formula is C15H18ClNO2S. The highest BCUT2D eigenvalue weighted by atomic mass is 35.5. The van der Waals surface area contributed by atoms with Crippen molar-refractivity contribution in [3.63, 3.8) is 0 Å². The molecule has 0 aliphatic heterocycles. The van der Waals surface area contributed by atoms with Gasteiger partial charge in [0.2, 0.25) is 10.0 Å². The summed E-state index contributed by atoms with van der Waals surface area (Å²) in [5.41, 5.74) is 4.72. The van der Waals surface area contributed by atoms with Gasteiger partial charge in [-0.05, 0) is 49.1 Å². The Bertz CT molecular complexity index is 740. The molecule has 0 saturated heterocycles. The van der Waals surface area contributed by atoms with E-state index in [2.05, 4.69) is 0 Å². The van der Waals surface area contributed by atoms with Gasteiger partial charge in [-0.1, -0.05) is 30.3 Å². The van der Waals surface area contributed by atoms with Gasteiger partial charge in [-0.3, -0.25) is 0 Å². The molecule has 0 aromatic heterocycles. The molecule has 0 aliphatic rings. The van der Waals surface area contributed by atoms with E-state index in [9.17, 15) is 8.42 Å².